The summed E-state index contributed by atoms with van der Waals surface area (Å²) in [6, 6.07) is 6.72. The maximum Gasteiger partial charge on any atom is 0.0471 e. The first-order valence-corrected chi connectivity index (χ1v) is 5.86. The van der Waals surface area contributed by atoms with E-state index in [-0.39, 0.29) is 6.61 Å². The molecule has 0 atom stereocenters. The number of fused-ring (bicyclic) bond motifs is 1. The summed E-state index contributed by atoms with van der Waals surface area (Å²) in [5, 5.41) is 8.93. The van der Waals surface area contributed by atoms with Gasteiger partial charge in [0.1, 0.15) is 0 Å². The molecule has 0 heterocycles. The molecule has 82 valence electrons. The van der Waals surface area contributed by atoms with Crippen molar-refractivity contribution >= 4 is 0 Å². The van der Waals surface area contributed by atoms with Gasteiger partial charge in [-0.3, -0.25) is 0 Å². The van der Waals surface area contributed by atoms with E-state index in [0.29, 0.717) is 5.41 Å². The molecule has 1 nitrogen and oxygen atoms in total. The van der Waals surface area contributed by atoms with Crippen molar-refractivity contribution in [3.05, 3.63) is 34.9 Å². The Labute approximate surface area is 92.1 Å². The van der Waals surface area contributed by atoms with Gasteiger partial charge >= 0.3 is 0 Å². The lowest BCUT2D eigenvalue weighted by Crippen LogP contribution is -2.23. The van der Waals surface area contributed by atoms with Gasteiger partial charge < -0.3 is 5.11 Å². The molecular formula is C14H20O. The predicted molar refractivity (Wildman–Crippen MR) is 63.2 cm³/mol. The lowest BCUT2D eigenvalue weighted by atomic mass is 9.72. The fourth-order valence-electron chi connectivity index (χ4n) is 2.65. The maximum absolute atomic E-state index is 8.93. The highest BCUT2D eigenvalue weighted by atomic mass is 16.2. The summed E-state index contributed by atoms with van der Waals surface area (Å²) in [7, 11) is 0. The summed E-state index contributed by atoms with van der Waals surface area (Å²) in [5.74, 6) is 0. The van der Waals surface area contributed by atoms with Crippen molar-refractivity contribution in [1.29, 1.82) is 0 Å². The average Bonchev–Trinajstić information content (AvgIpc) is 2.17. The molecule has 0 radical (unpaired) electrons. The monoisotopic (exact) mass is 204 g/mol. The zero-order valence-corrected chi connectivity index (χ0v) is 9.71. The van der Waals surface area contributed by atoms with E-state index in [1.54, 1.807) is 0 Å². The van der Waals surface area contributed by atoms with E-state index >= 15 is 0 Å². The van der Waals surface area contributed by atoms with Crippen LogP contribution in [0.4, 0.5) is 0 Å². The molecule has 0 aromatic heterocycles. The van der Waals surface area contributed by atoms with E-state index in [1.165, 1.54) is 36.0 Å². The van der Waals surface area contributed by atoms with E-state index in [1.807, 2.05) is 0 Å². The van der Waals surface area contributed by atoms with Gasteiger partial charge in [0, 0.05) is 6.61 Å². The Balaban J connectivity index is 2.36. The summed E-state index contributed by atoms with van der Waals surface area (Å²) < 4.78 is 0. The number of aliphatic hydroxyl groups is 1. The van der Waals surface area contributed by atoms with Crippen molar-refractivity contribution in [3.8, 4) is 0 Å². The van der Waals surface area contributed by atoms with Crippen molar-refractivity contribution in [1.82, 2.24) is 0 Å². The van der Waals surface area contributed by atoms with Gasteiger partial charge in [-0.05, 0) is 47.8 Å². The highest BCUT2D eigenvalue weighted by Crippen LogP contribution is 2.36. The van der Waals surface area contributed by atoms with E-state index in [9.17, 15) is 0 Å². The number of hydrogen-bond donors (Lipinski definition) is 1. The maximum atomic E-state index is 8.93. The number of hydrogen-bond acceptors (Lipinski definition) is 1. The normalized spacial score (nSPS) is 18.6. The first kappa shape index (κ1) is 10.7. The fourth-order valence-corrected chi connectivity index (χ4v) is 2.65. The Morgan fingerprint density at radius 3 is 2.87 bits per heavy atom. The van der Waals surface area contributed by atoms with Crippen LogP contribution in [-0.4, -0.2) is 11.7 Å². The summed E-state index contributed by atoms with van der Waals surface area (Å²) in [6.45, 7) is 4.91. The third-order valence-corrected chi connectivity index (χ3v) is 3.55. The molecule has 0 fully saturated rings. The first-order valence-electron chi connectivity index (χ1n) is 5.86. The average molecular weight is 204 g/mol. The quantitative estimate of drug-likeness (QED) is 0.785. The van der Waals surface area contributed by atoms with Crippen molar-refractivity contribution in [3.63, 3.8) is 0 Å². The SMILES string of the molecule is CC1(C)CCCc2cc(CCO)ccc21. The van der Waals surface area contributed by atoms with Crippen molar-refractivity contribution in [2.24, 2.45) is 0 Å². The lowest BCUT2D eigenvalue weighted by molar-refractivity contribution is 0.299. The summed E-state index contributed by atoms with van der Waals surface area (Å²) in [4.78, 5) is 0. The van der Waals surface area contributed by atoms with Gasteiger partial charge in [0.25, 0.3) is 0 Å². The predicted octanol–water partition coefficient (Wildman–Crippen LogP) is 2.84. The molecule has 1 aliphatic carbocycles. The fraction of sp³-hybridized carbons (Fsp3) is 0.571. The van der Waals surface area contributed by atoms with Gasteiger partial charge in [0.15, 0.2) is 0 Å². The summed E-state index contributed by atoms with van der Waals surface area (Å²) in [5.41, 5.74) is 4.62. The third-order valence-electron chi connectivity index (χ3n) is 3.55. The minimum atomic E-state index is 0.252. The van der Waals surface area contributed by atoms with Crippen molar-refractivity contribution < 1.29 is 5.11 Å². The van der Waals surface area contributed by atoms with Crippen LogP contribution in [-0.2, 0) is 18.3 Å². The Kier molecular flexibility index (Phi) is 2.83. The van der Waals surface area contributed by atoms with Crippen LogP contribution in [0, 0.1) is 0 Å². The van der Waals surface area contributed by atoms with Gasteiger partial charge in [-0.1, -0.05) is 32.0 Å². The topological polar surface area (TPSA) is 20.2 Å². The highest BCUT2D eigenvalue weighted by Gasteiger charge is 2.26. The molecule has 0 saturated carbocycles. The molecular weight excluding hydrogens is 184 g/mol. The second-order valence-electron chi connectivity index (χ2n) is 5.20. The van der Waals surface area contributed by atoms with Crippen LogP contribution in [0.25, 0.3) is 0 Å². The zero-order chi connectivity index (χ0) is 10.9. The lowest BCUT2D eigenvalue weighted by Gasteiger charge is -2.32. The van der Waals surface area contributed by atoms with Crippen LogP contribution in [0.2, 0.25) is 0 Å². The van der Waals surface area contributed by atoms with Crippen LogP contribution in [0.5, 0.6) is 0 Å². The molecule has 0 spiro atoms. The molecule has 1 aliphatic rings. The van der Waals surface area contributed by atoms with Gasteiger partial charge in [-0.2, -0.15) is 0 Å². The van der Waals surface area contributed by atoms with Crippen LogP contribution in [0.15, 0.2) is 18.2 Å². The minimum Gasteiger partial charge on any atom is -0.396 e. The molecule has 1 aromatic rings. The van der Waals surface area contributed by atoms with Crippen LogP contribution in [0.3, 0.4) is 0 Å². The van der Waals surface area contributed by atoms with E-state index < -0.39 is 0 Å². The molecule has 0 unspecified atom stereocenters. The van der Waals surface area contributed by atoms with Crippen molar-refractivity contribution in [2.75, 3.05) is 6.61 Å². The Hall–Kier alpha value is -0.820. The number of rotatable bonds is 2. The smallest absolute Gasteiger partial charge is 0.0471 e. The Bertz CT molecular complexity index is 352. The molecule has 0 amide bonds. The molecule has 0 saturated heterocycles. The highest BCUT2D eigenvalue weighted by molar-refractivity contribution is 5.38. The van der Waals surface area contributed by atoms with Gasteiger partial charge in [0.2, 0.25) is 0 Å². The molecule has 1 N–H and O–H groups in total. The number of aryl methyl sites for hydroxylation is 1. The van der Waals surface area contributed by atoms with Crippen LogP contribution >= 0.6 is 0 Å². The molecule has 1 aromatic carbocycles. The Morgan fingerprint density at radius 1 is 1.33 bits per heavy atom. The van der Waals surface area contributed by atoms with Gasteiger partial charge in [0.05, 0.1) is 0 Å². The number of benzene rings is 1. The summed E-state index contributed by atoms with van der Waals surface area (Å²) >= 11 is 0. The zero-order valence-electron chi connectivity index (χ0n) is 9.71. The molecule has 1 heteroatoms. The molecule has 15 heavy (non-hydrogen) atoms. The summed E-state index contributed by atoms with van der Waals surface area (Å²) in [6.07, 6.45) is 4.58. The van der Waals surface area contributed by atoms with Gasteiger partial charge in [-0.15, -0.1) is 0 Å². The van der Waals surface area contributed by atoms with Crippen molar-refractivity contribution in [2.45, 2.75) is 44.9 Å². The molecule has 2 rings (SSSR count). The Morgan fingerprint density at radius 2 is 2.13 bits per heavy atom. The standard InChI is InChI=1S/C14H20O/c1-14(2)8-3-4-12-10-11(7-9-15)5-6-13(12)14/h5-6,10,15H,3-4,7-9H2,1-2H3. The second-order valence-corrected chi connectivity index (χ2v) is 5.20. The van der Waals surface area contributed by atoms with Crippen LogP contribution < -0.4 is 0 Å². The first-order chi connectivity index (χ1) is 7.13. The third kappa shape index (κ3) is 2.07. The van der Waals surface area contributed by atoms with Crippen LogP contribution in [0.1, 0.15) is 43.4 Å². The molecule has 0 bridgehead atoms. The van der Waals surface area contributed by atoms with E-state index in [4.69, 9.17) is 5.11 Å². The van der Waals surface area contributed by atoms with E-state index in [0.717, 1.165) is 6.42 Å². The largest absolute Gasteiger partial charge is 0.396 e. The van der Waals surface area contributed by atoms with E-state index in [2.05, 4.69) is 32.0 Å². The minimum absolute atomic E-state index is 0.252. The molecule has 0 aliphatic heterocycles. The number of aliphatic hydroxyl groups excluding tert-OH is 1. The van der Waals surface area contributed by atoms with Gasteiger partial charge in [-0.25, -0.2) is 0 Å². The second kappa shape index (κ2) is 3.97.